The second-order valence-electron chi connectivity index (χ2n) is 4.15. The van der Waals surface area contributed by atoms with Crippen molar-refractivity contribution in [1.82, 2.24) is 0 Å². The number of carbonyl (C=O) groups is 1. The van der Waals surface area contributed by atoms with E-state index in [0.29, 0.717) is 0 Å². The van der Waals surface area contributed by atoms with Crippen molar-refractivity contribution in [3.05, 3.63) is 65.7 Å². The predicted octanol–water partition coefficient (Wildman–Crippen LogP) is 3.22. The van der Waals surface area contributed by atoms with Crippen LogP contribution in [-0.4, -0.2) is 12.9 Å². The summed E-state index contributed by atoms with van der Waals surface area (Å²) in [7, 11) is 1.63. The van der Waals surface area contributed by atoms with Crippen LogP contribution in [0.1, 0.15) is 24.0 Å². The third-order valence-corrected chi connectivity index (χ3v) is 2.92. The minimum Gasteiger partial charge on any atom is -0.497 e. The van der Waals surface area contributed by atoms with Crippen molar-refractivity contribution in [3.8, 4) is 5.75 Å². The van der Waals surface area contributed by atoms with Gasteiger partial charge in [-0.05, 0) is 36.2 Å². The van der Waals surface area contributed by atoms with Crippen molar-refractivity contribution in [1.29, 1.82) is 0 Å². The van der Waals surface area contributed by atoms with Gasteiger partial charge in [0, 0.05) is 0 Å². The van der Waals surface area contributed by atoms with Gasteiger partial charge in [-0.3, -0.25) is 4.79 Å². The molecule has 18 heavy (non-hydrogen) atoms. The molecule has 2 aromatic rings. The Kier molecular flexibility index (Phi) is 3.78. The van der Waals surface area contributed by atoms with Crippen molar-refractivity contribution in [2.24, 2.45) is 0 Å². The highest BCUT2D eigenvalue weighted by Crippen LogP contribution is 2.26. The molecule has 0 N–H and O–H groups in total. The molecule has 0 saturated carbocycles. The van der Waals surface area contributed by atoms with Gasteiger partial charge in [0.05, 0.1) is 13.0 Å². The van der Waals surface area contributed by atoms with Gasteiger partial charge in [-0.1, -0.05) is 36.4 Å². The van der Waals surface area contributed by atoms with Crippen molar-refractivity contribution in [2.75, 3.05) is 7.11 Å². The molecule has 0 saturated heterocycles. The van der Waals surface area contributed by atoms with E-state index in [9.17, 15) is 4.79 Å². The standard InChI is InChI=1S/C16H15O2/c1-12(17)16(13-6-4-3-5-7-13)14-8-10-15(18-2)11-9-14/h3-4,6-11,16H,1-2H3. The largest absolute Gasteiger partial charge is 0.497 e. The molecule has 0 fully saturated rings. The fraction of sp³-hybridized carbons (Fsp3) is 0.188. The molecule has 91 valence electrons. The van der Waals surface area contributed by atoms with Crippen LogP contribution in [0.3, 0.4) is 0 Å². The first-order valence-electron chi connectivity index (χ1n) is 5.83. The Morgan fingerprint density at radius 1 is 1.17 bits per heavy atom. The minimum atomic E-state index is -0.228. The summed E-state index contributed by atoms with van der Waals surface area (Å²) in [4.78, 5) is 11.9. The number of hydrogen-bond acceptors (Lipinski definition) is 2. The molecule has 2 rings (SSSR count). The zero-order valence-electron chi connectivity index (χ0n) is 10.5. The molecule has 2 heteroatoms. The normalized spacial score (nSPS) is 11.9. The number of hydrogen-bond donors (Lipinski definition) is 0. The topological polar surface area (TPSA) is 26.3 Å². The third-order valence-electron chi connectivity index (χ3n) is 2.92. The molecule has 0 spiro atoms. The Morgan fingerprint density at radius 2 is 1.89 bits per heavy atom. The Bertz CT molecular complexity index is 515. The van der Waals surface area contributed by atoms with Gasteiger partial charge in [0.2, 0.25) is 0 Å². The maximum Gasteiger partial charge on any atom is 0.141 e. The van der Waals surface area contributed by atoms with E-state index in [2.05, 4.69) is 6.07 Å². The first kappa shape index (κ1) is 12.4. The van der Waals surface area contributed by atoms with Crippen molar-refractivity contribution in [2.45, 2.75) is 12.8 Å². The summed E-state index contributed by atoms with van der Waals surface area (Å²) < 4.78 is 5.12. The van der Waals surface area contributed by atoms with E-state index in [4.69, 9.17) is 4.74 Å². The number of ether oxygens (including phenoxy) is 1. The van der Waals surface area contributed by atoms with Crippen LogP contribution in [0.5, 0.6) is 5.75 Å². The van der Waals surface area contributed by atoms with Crippen LogP contribution in [0.15, 0.2) is 48.5 Å². The van der Waals surface area contributed by atoms with E-state index in [-0.39, 0.29) is 11.7 Å². The monoisotopic (exact) mass is 239 g/mol. The van der Waals surface area contributed by atoms with Crippen LogP contribution in [0, 0.1) is 6.07 Å². The van der Waals surface area contributed by atoms with Crippen LogP contribution in [0.4, 0.5) is 0 Å². The molecule has 0 aliphatic heterocycles. The van der Waals surface area contributed by atoms with Gasteiger partial charge in [-0.25, -0.2) is 0 Å². The Hall–Kier alpha value is -2.09. The lowest BCUT2D eigenvalue weighted by Crippen LogP contribution is -2.10. The van der Waals surface area contributed by atoms with Gasteiger partial charge < -0.3 is 4.74 Å². The molecule has 0 aliphatic carbocycles. The lowest BCUT2D eigenvalue weighted by Gasteiger charge is -2.15. The number of rotatable bonds is 4. The molecule has 0 amide bonds. The fourth-order valence-electron chi connectivity index (χ4n) is 2.05. The third kappa shape index (κ3) is 2.59. The number of ketones is 1. The summed E-state index contributed by atoms with van der Waals surface area (Å²) in [6.45, 7) is 1.61. The Balaban J connectivity index is 2.39. The molecule has 1 unspecified atom stereocenters. The molecule has 0 aromatic heterocycles. The van der Waals surface area contributed by atoms with Gasteiger partial charge in [-0.2, -0.15) is 0 Å². The summed E-state index contributed by atoms with van der Waals surface area (Å²) in [6, 6.07) is 18.1. The Labute approximate surface area is 107 Å². The fourth-order valence-corrected chi connectivity index (χ4v) is 2.05. The maximum atomic E-state index is 11.9. The van der Waals surface area contributed by atoms with Crippen molar-refractivity contribution < 1.29 is 9.53 Å². The Morgan fingerprint density at radius 3 is 2.39 bits per heavy atom. The summed E-state index contributed by atoms with van der Waals surface area (Å²) in [5, 5.41) is 0. The van der Waals surface area contributed by atoms with Gasteiger partial charge in [-0.15, -0.1) is 0 Å². The average Bonchev–Trinajstić information content (AvgIpc) is 2.40. The number of Topliss-reactive ketones (excluding diaryl/α,β-unsaturated/α-hetero) is 1. The van der Waals surface area contributed by atoms with Gasteiger partial charge >= 0.3 is 0 Å². The van der Waals surface area contributed by atoms with E-state index in [1.807, 2.05) is 48.5 Å². The average molecular weight is 239 g/mol. The molecule has 1 radical (unpaired) electrons. The predicted molar refractivity (Wildman–Crippen MR) is 70.8 cm³/mol. The molecular weight excluding hydrogens is 224 g/mol. The van der Waals surface area contributed by atoms with Gasteiger partial charge in [0.25, 0.3) is 0 Å². The molecular formula is C16H15O2. The van der Waals surface area contributed by atoms with Crippen LogP contribution in [0.2, 0.25) is 0 Å². The highest BCUT2D eigenvalue weighted by atomic mass is 16.5. The highest BCUT2D eigenvalue weighted by Gasteiger charge is 2.18. The minimum absolute atomic E-state index is 0.125. The van der Waals surface area contributed by atoms with E-state index in [1.165, 1.54) is 0 Å². The number of methoxy groups -OCH3 is 1. The first-order chi connectivity index (χ1) is 8.72. The van der Waals surface area contributed by atoms with E-state index in [0.717, 1.165) is 16.9 Å². The SMILES string of the molecule is COc1ccc(C(C(C)=O)c2c[c]ccc2)cc1. The molecule has 2 aromatic carbocycles. The highest BCUT2D eigenvalue weighted by molar-refractivity contribution is 5.86. The zero-order chi connectivity index (χ0) is 13.0. The summed E-state index contributed by atoms with van der Waals surface area (Å²) >= 11 is 0. The number of benzene rings is 2. The second kappa shape index (κ2) is 5.50. The molecule has 0 heterocycles. The van der Waals surface area contributed by atoms with Crippen LogP contribution < -0.4 is 4.74 Å². The maximum absolute atomic E-state index is 11.9. The number of carbonyl (C=O) groups excluding carboxylic acids is 1. The molecule has 1 atom stereocenters. The summed E-state index contributed by atoms with van der Waals surface area (Å²) in [6.07, 6.45) is 0. The molecule has 2 nitrogen and oxygen atoms in total. The smallest absolute Gasteiger partial charge is 0.141 e. The van der Waals surface area contributed by atoms with Crippen LogP contribution in [0.25, 0.3) is 0 Å². The first-order valence-corrected chi connectivity index (χ1v) is 5.83. The lowest BCUT2D eigenvalue weighted by atomic mass is 9.88. The molecule has 0 aliphatic rings. The zero-order valence-corrected chi connectivity index (χ0v) is 10.5. The van der Waals surface area contributed by atoms with Crippen LogP contribution in [-0.2, 0) is 4.79 Å². The second-order valence-corrected chi connectivity index (χ2v) is 4.15. The van der Waals surface area contributed by atoms with Crippen molar-refractivity contribution in [3.63, 3.8) is 0 Å². The summed E-state index contributed by atoms with van der Waals surface area (Å²) in [5.74, 6) is 0.689. The van der Waals surface area contributed by atoms with E-state index in [1.54, 1.807) is 14.0 Å². The molecule has 0 bridgehead atoms. The van der Waals surface area contributed by atoms with E-state index >= 15 is 0 Å². The van der Waals surface area contributed by atoms with Crippen molar-refractivity contribution >= 4 is 5.78 Å². The quantitative estimate of drug-likeness (QED) is 0.818. The lowest BCUT2D eigenvalue weighted by molar-refractivity contribution is -0.117. The van der Waals surface area contributed by atoms with E-state index < -0.39 is 0 Å². The van der Waals surface area contributed by atoms with Crippen LogP contribution >= 0.6 is 0 Å². The van der Waals surface area contributed by atoms with Gasteiger partial charge in [0.15, 0.2) is 0 Å². The van der Waals surface area contributed by atoms with Gasteiger partial charge in [0.1, 0.15) is 11.5 Å². The summed E-state index contributed by atoms with van der Waals surface area (Å²) in [5.41, 5.74) is 1.94.